The minimum Gasteiger partial charge on any atom is -0.369 e. The normalized spacial score (nSPS) is 16.4. The Kier molecular flexibility index (Phi) is 15.2. The lowest BCUT2D eigenvalue weighted by atomic mass is 9.89. The van der Waals surface area contributed by atoms with E-state index >= 15 is 0 Å². The molecule has 0 saturated carbocycles. The van der Waals surface area contributed by atoms with E-state index in [1.807, 2.05) is 55.0 Å². The fourth-order valence-corrected chi connectivity index (χ4v) is 10.8. The van der Waals surface area contributed by atoms with Gasteiger partial charge >= 0.3 is 0 Å². The van der Waals surface area contributed by atoms with Gasteiger partial charge in [0, 0.05) is 123 Å². The Morgan fingerprint density at radius 1 is 0.406 bits per heavy atom. The van der Waals surface area contributed by atoms with Gasteiger partial charge in [-0.25, -0.2) is 0 Å². The summed E-state index contributed by atoms with van der Waals surface area (Å²) in [5, 5.41) is 6.37. The van der Waals surface area contributed by atoms with Crippen molar-refractivity contribution >= 4 is 78.9 Å². The van der Waals surface area contributed by atoms with E-state index in [4.69, 9.17) is 34.8 Å². The number of piperazine rings is 2. The van der Waals surface area contributed by atoms with Crippen LogP contribution in [-0.4, -0.2) is 95.1 Å². The Hall–Kier alpha value is -5.71. The highest BCUT2D eigenvalue weighted by Crippen LogP contribution is 2.31. The van der Waals surface area contributed by atoms with Gasteiger partial charge in [0.15, 0.2) is 0 Å². The Morgan fingerprint density at radius 2 is 0.884 bits per heavy atom. The van der Waals surface area contributed by atoms with Crippen LogP contribution in [0.1, 0.15) is 41.0 Å². The molecule has 9 aromatic rings. The molecule has 69 heavy (non-hydrogen) atoms. The fourth-order valence-electron chi connectivity index (χ4n) is 10.2. The van der Waals surface area contributed by atoms with Crippen LogP contribution in [0.4, 0.5) is 11.4 Å². The summed E-state index contributed by atoms with van der Waals surface area (Å²) >= 11 is 18.4. The molecule has 11 heteroatoms. The molecule has 6 aromatic carbocycles. The van der Waals surface area contributed by atoms with E-state index in [1.165, 1.54) is 86.6 Å². The summed E-state index contributed by atoms with van der Waals surface area (Å²) < 4.78 is 0. The molecule has 3 fully saturated rings. The zero-order valence-corrected chi connectivity index (χ0v) is 41.4. The van der Waals surface area contributed by atoms with Gasteiger partial charge in [0.2, 0.25) is 0 Å². The summed E-state index contributed by atoms with van der Waals surface area (Å²) in [6, 6.07) is 51.2. The minimum atomic E-state index is 0.677. The number of benzene rings is 6. The molecule has 0 unspecified atom stereocenters. The van der Waals surface area contributed by atoms with Crippen LogP contribution < -0.4 is 9.80 Å². The Labute approximate surface area is 421 Å². The van der Waals surface area contributed by atoms with Crippen molar-refractivity contribution in [2.75, 3.05) is 75.2 Å². The van der Waals surface area contributed by atoms with E-state index in [-0.39, 0.29) is 0 Å². The molecule has 3 saturated heterocycles. The second-order valence-electron chi connectivity index (χ2n) is 18.8. The molecule has 3 aliphatic heterocycles. The molecule has 3 aliphatic rings. The predicted molar refractivity (Wildman–Crippen MR) is 291 cm³/mol. The first-order valence-corrected chi connectivity index (χ1v) is 25.6. The second-order valence-corrected chi connectivity index (χ2v) is 20.0. The molecule has 354 valence electrons. The molecule has 3 aromatic heterocycles. The average Bonchev–Trinajstić information content (AvgIpc) is 4.17. The molecular weight excluding hydrogens is 915 g/mol. The highest BCUT2D eigenvalue weighted by molar-refractivity contribution is 6.33. The number of para-hydroxylation sites is 1. The number of hydrogen-bond donors (Lipinski definition) is 3. The number of likely N-dealkylation sites (tertiary alicyclic amines) is 1. The average molecular weight is 977 g/mol. The van der Waals surface area contributed by atoms with Crippen molar-refractivity contribution in [1.29, 1.82) is 0 Å². The van der Waals surface area contributed by atoms with E-state index < -0.39 is 0 Å². The van der Waals surface area contributed by atoms with Crippen molar-refractivity contribution in [3.63, 3.8) is 0 Å². The maximum absolute atomic E-state index is 6.31. The maximum Gasteiger partial charge on any atom is 0.0639 e. The lowest BCUT2D eigenvalue weighted by Gasteiger charge is -2.36. The maximum atomic E-state index is 6.31. The van der Waals surface area contributed by atoms with Crippen molar-refractivity contribution in [1.82, 2.24) is 29.7 Å². The molecule has 0 amide bonds. The number of anilines is 2. The first kappa shape index (κ1) is 47.0. The standard InChI is InChI=1S/C20H21ClN2.2C19H20ClN3/c21-19-4-2-16(3-5-19)17-8-11-23(12-9-17)14-15-1-6-20-18(13-15)7-10-22-20;20-17-2-1-3-18(13-17)23-10-8-22(9-11-23)14-15-4-5-19-16(12-15)6-7-21-19;20-17-3-1-2-4-19(17)23-11-9-22(10-12-23)14-15-5-6-18-16(13-15)7-8-21-18/h1-7,10,13,17,22H,8-9,11-12,14H2;1-7,12-13,21H,8-11,14H2;1-8,13,21H,9-12,14H2. The Bertz CT molecular complexity index is 3040. The smallest absolute Gasteiger partial charge is 0.0639 e. The van der Waals surface area contributed by atoms with Gasteiger partial charge in [-0.15, -0.1) is 0 Å². The SMILES string of the molecule is Clc1ccc(C2CCN(Cc3ccc4[nH]ccc4c3)CC2)cc1.Clc1cccc(N2CCN(Cc3ccc4[nH]ccc4c3)CC2)c1.Clc1ccccc1N1CCN(Cc2ccc3[nH]ccc3c2)CC1. The van der Waals surface area contributed by atoms with Crippen molar-refractivity contribution in [2.45, 2.75) is 38.4 Å². The lowest BCUT2D eigenvalue weighted by molar-refractivity contribution is 0.205. The quantitative estimate of drug-likeness (QED) is 0.135. The van der Waals surface area contributed by atoms with Crippen LogP contribution >= 0.6 is 34.8 Å². The lowest BCUT2D eigenvalue weighted by Crippen LogP contribution is -2.46. The topological polar surface area (TPSA) is 63.6 Å². The van der Waals surface area contributed by atoms with Gasteiger partial charge in [-0.05, 0) is 167 Å². The number of halogens is 3. The number of nitrogens with one attached hydrogen (secondary N) is 3. The van der Waals surface area contributed by atoms with Gasteiger partial charge in [-0.2, -0.15) is 0 Å². The molecule has 0 radical (unpaired) electrons. The van der Waals surface area contributed by atoms with Crippen molar-refractivity contribution < 1.29 is 0 Å². The first-order chi connectivity index (χ1) is 33.8. The molecule has 0 spiro atoms. The third-order valence-electron chi connectivity index (χ3n) is 14.1. The largest absolute Gasteiger partial charge is 0.369 e. The third-order valence-corrected chi connectivity index (χ3v) is 14.9. The number of fused-ring (bicyclic) bond motifs is 3. The third kappa shape index (κ3) is 12.2. The zero-order chi connectivity index (χ0) is 46.9. The number of aromatic amines is 3. The van der Waals surface area contributed by atoms with Crippen LogP contribution in [0.5, 0.6) is 0 Å². The summed E-state index contributed by atoms with van der Waals surface area (Å²) in [6.07, 6.45) is 8.46. The van der Waals surface area contributed by atoms with Gasteiger partial charge in [0.25, 0.3) is 0 Å². The highest BCUT2D eigenvalue weighted by Gasteiger charge is 2.22. The summed E-state index contributed by atoms with van der Waals surface area (Å²) in [5.74, 6) is 0.677. The monoisotopic (exact) mass is 974 g/mol. The first-order valence-electron chi connectivity index (χ1n) is 24.5. The van der Waals surface area contributed by atoms with Crippen molar-refractivity contribution in [3.05, 3.63) is 202 Å². The molecular formula is C58H61Cl3N8. The second kappa shape index (κ2) is 22.4. The zero-order valence-electron chi connectivity index (χ0n) is 39.1. The Balaban J connectivity index is 0.000000120. The summed E-state index contributed by atoms with van der Waals surface area (Å²) in [7, 11) is 0. The molecule has 0 aliphatic carbocycles. The van der Waals surface area contributed by atoms with Gasteiger partial charge in [0.1, 0.15) is 0 Å². The minimum absolute atomic E-state index is 0.677. The van der Waals surface area contributed by atoms with Gasteiger partial charge in [0.05, 0.1) is 10.7 Å². The van der Waals surface area contributed by atoms with Crippen molar-refractivity contribution in [3.8, 4) is 0 Å². The van der Waals surface area contributed by atoms with E-state index in [0.717, 1.165) is 92.7 Å². The van der Waals surface area contributed by atoms with Gasteiger partial charge in [-0.3, -0.25) is 14.7 Å². The van der Waals surface area contributed by atoms with Gasteiger partial charge < -0.3 is 24.8 Å². The fraction of sp³-hybridized carbons (Fsp3) is 0.276. The molecule has 6 heterocycles. The van der Waals surface area contributed by atoms with Crippen LogP contribution in [-0.2, 0) is 19.6 Å². The van der Waals surface area contributed by atoms with E-state index in [0.29, 0.717) is 5.92 Å². The molecule has 12 rings (SSSR count). The number of H-pyrrole nitrogens is 3. The van der Waals surface area contributed by atoms with Crippen LogP contribution in [0.3, 0.4) is 0 Å². The van der Waals surface area contributed by atoms with Crippen LogP contribution in [0.2, 0.25) is 15.1 Å². The summed E-state index contributed by atoms with van der Waals surface area (Å²) in [4.78, 5) is 22.2. The molecule has 0 bridgehead atoms. The molecule has 3 N–H and O–H groups in total. The number of hydrogen-bond acceptors (Lipinski definition) is 5. The van der Waals surface area contributed by atoms with Gasteiger partial charge in [-0.1, -0.05) is 83.3 Å². The highest BCUT2D eigenvalue weighted by atomic mass is 35.5. The summed E-state index contributed by atoms with van der Waals surface area (Å²) in [6.45, 7) is 13.8. The number of rotatable bonds is 9. The van der Waals surface area contributed by atoms with Crippen LogP contribution in [0, 0.1) is 0 Å². The number of piperidine rings is 1. The Morgan fingerprint density at radius 3 is 1.38 bits per heavy atom. The van der Waals surface area contributed by atoms with E-state index in [2.05, 4.69) is 149 Å². The van der Waals surface area contributed by atoms with Crippen LogP contribution in [0.25, 0.3) is 32.7 Å². The van der Waals surface area contributed by atoms with E-state index in [9.17, 15) is 0 Å². The van der Waals surface area contributed by atoms with Crippen molar-refractivity contribution in [2.24, 2.45) is 0 Å². The summed E-state index contributed by atoms with van der Waals surface area (Å²) in [5.41, 5.74) is 11.6. The van der Waals surface area contributed by atoms with Crippen LogP contribution in [0.15, 0.2) is 164 Å². The van der Waals surface area contributed by atoms with E-state index in [1.54, 1.807) is 0 Å². The molecule has 8 nitrogen and oxygen atoms in total. The predicted octanol–water partition coefficient (Wildman–Crippen LogP) is 13.5. The number of nitrogens with zero attached hydrogens (tertiary/aromatic N) is 5. The molecule has 0 atom stereocenters. The number of aromatic nitrogens is 3.